The van der Waals surface area contributed by atoms with Crippen molar-refractivity contribution in [3.8, 4) is 11.8 Å². The molecule has 1 saturated carbocycles. The fourth-order valence-corrected chi connectivity index (χ4v) is 1.83. The first-order valence-electron chi connectivity index (χ1n) is 5.92. The number of carbonyl (C=O) groups excluding carboxylic acids is 1. The van der Waals surface area contributed by atoms with E-state index in [1.807, 2.05) is 19.1 Å². The quantitative estimate of drug-likeness (QED) is 0.780. The predicted molar refractivity (Wildman–Crippen MR) is 63.7 cm³/mol. The van der Waals surface area contributed by atoms with Gasteiger partial charge in [-0.05, 0) is 37.5 Å². The molecule has 0 aromatic heterocycles. The topological polar surface area (TPSA) is 50.1 Å². The van der Waals surface area contributed by atoms with Gasteiger partial charge >= 0.3 is 0 Å². The largest absolute Gasteiger partial charge is 0.494 e. The van der Waals surface area contributed by atoms with Crippen LogP contribution in [0.15, 0.2) is 24.3 Å². The molecule has 1 aromatic carbocycles. The van der Waals surface area contributed by atoms with Gasteiger partial charge < -0.3 is 4.74 Å². The van der Waals surface area contributed by atoms with Crippen LogP contribution in [-0.2, 0) is 4.79 Å². The van der Waals surface area contributed by atoms with Crippen molar-refractivity contribution in [2.75, 3.05) is 6.61 Å². The molecule has 1 unspecified atom stereocenters. The lowest BCUT2D eigenvalue weighted by atomic mass is 9.93. The normalized spacial score (nSPS) is 16.0. The van der Waals surface area contributed by atoms with Gasteiger partial charge in [0.25, 0.3) is 0 Å². The monoisotopic (exact) mass is 229 g/mol. The van der Waals surface area contributed by atoms with Crippen LogP contribution in [0, 0.1) is 17.2 Å². The van der Waals surface area contributed by atoms with Crippen LogP contribution >= 0.6 is 0 Å². The average molecular weight is 229 g/mol. The molecule has 17 heavy (non-hydrogen) atoms. The highest BCUT2D eigenvalue weighted by molar-refractivity contribution is 5.92. The lowest BCUT2D eigenvalue weighted by Gasteiger charge is -2.09. The third kappa shape index (κ3) is 2.65. The number of carbonyl (C=O) groups is 1. The van der Waals surface area contributed by atoms with E-state index >= 15 is 0 Å². The summed E-state index contributed by atoms with van der Waals surface area (Å²) in [7, 11) is 0. The molecule has 0 radical (unpaired) electrons. The Hall–Kier alpha value is -1.82. The molecule has 0 aliphatic heterocycles. The summed E-state index contributed by atoms with van der Waals surface area (Å²) >= 11 is 0. The second-order valence-electron chi connectivity index (χ2n) is 4.24. The van der Waals surface area contributed by atoms with Crippen molar-refractivity contribution < 1.29 is 9.53 Å². The molecular weight excluding hydrogens is 214 g/mol. The standard InChI is InChI=1S/C14H15NO2/c1-2-17-12-7-5-10(6-8-12)13(9-15)14(16)11-3-4-11/h5-8,11,13H,2-4H2,1H3. The summed E-state index contributed by atoms with van der Waals surface area (Å²) in [6.07, 6.45) is 1.88. The van der Waals surface area contributed by atoms with Gasteiger partial charge in [0.2, 0.25) is 0 Å². The van der Waals surface area contributed by atoms with Crippen LogP contribution in [0.4, 0.5) is 0 Å². The van der Waals surface area contributed by atoms with E-state index in [4.69, 9.17) is 10.00 Å². The van der Waals surface area contributed by atoms with Crippen LogP contribution < -0.4 is 4.74 Å². The SMILES string of the molecule is CCOc1ccc(C(C#N)C(=O)C2CC2)cc1. The van der Waals surface area contributed by atoms with Gasteiger partial charge in [-0.3, -0.25) is 4.79 Å². The zero-order chi connectivity index (χ0) is 12.3. The minimum atomic E-state index is -0.613. The average Bonchev–Trinajstić information content (AvgIpc) is 3.16. The van der Waals surface area contributed by atoms with E-state index in [0.29, 0.717) is 6.61 Å². The summed E-state index contributed by atoms with van der Waals surface area (Å²) in [5.74, 6) is 0.341. The molecule has 1 aromatic rings. The molecule has 1 aliphatic carbocycles. The van der Waals surface area contributed by atoms with E-state index < -0.39 is 5.92 Å². The van der Waals surface area contributed by atoms with Crippen LogP contribution in [0.2, 0.25) is 0 Å². The first kappa shape index (κ1) is 11.7. The van der Waals surface area contributed by atoms with Gasteiger partial charge in [0.05, 0.1) is 12.7 Å². The summed E-state index contributed by atoms with van der Waals surface area (Å²) in [4.78, 5) is 11.9. The fourth-order valence-electron chi connectivity index (χ4n) is 1.83. The second kappa shape index (κ2) is 5.01. The Morgan fingerprint density at radius 1 is 1.47 bits per heavy atom. The van der Waals surface area contributed by atoms with E-state index in [-0.39, 0.29) is 11.7 Å². The van der Waals surface area contributed by atoms with Gasteiger partial charge in [0.15, 0.2) is 5.78 Å². The van der Waals surface area contributed by atoms with Gasteiger partial charge in [-0.2, -0.15) is 5.26 Å². The molecule has 0 N–H and O–H groups in total. The number of hydrogen-bond donors (Lipinski definition) is 0. The molecule has 3 heteroatoms. The Bertz CT molecular complexity index is 440. The van der Waals surface area contributed by atoms with E-state index in [0.717, 1.165) is 24.2 Å². The molecule has 0 heterocycles. The first-order chi connectivity index (χ1) is 8.26. The zero-order valence-corrected chi connectivity index (χ0v) is 9.85. The number of ether oxygens (including phenoxy) is 1. The number of ketones is 1. The number of nitrogens with zero attached hydrogens (tertiary/aromatic N) is 1. The van der Waals surface area contributed by atoms with Crippen molar-refractivity contribution in [3.63, 3.8) is 0 Å². The number of hydrogen-bond acceptors (Lipinski definition) is 3. The van der Waals surface area contributed by atoms with Gasteiger partial charge in [0, 0.05) is 5.92 Å². The molecular formula is C14H15NO2. The Morgan fingerprint density at radius 2 is 2.12 bits per heavy atom. The van der Waals surface area contributed by atoms with Crippen molar-refractivity contribution in [2.45, 2.75) is 25.7 Å². The van der Waals surface area contributed by atoms with E-state index in [1.165, 1.54) is 0 Å². The van der Waals surface area contributed by atoms with Gasteiger partial charge in [0.1, 0.15) is 11.7 Å². The van der Waals surface area contributed by atoms with Crippen molar-refractivity contribution in [3.05, 3.63) is 29.8 Å². The third-order valence-electron chi connectivity index (χ3n) is 2.92. The van der Waals surface area contributed by atoms with Crippen molar-refractivity contribution in [1.29, 1.82) is 5.26 Å². The molecule has 0 amide bonds. The minimum Gasteiger partial charge on any atom is -0.494 e. The van der Waals surface area contributed by atoms with Crippen LogP contribution in [0.5, 0.6) is 5.75 Å². The maximum Gasteiger partial charge on any atom is 0.157 e. The van der Waals surface area contributed by atoms with Gasteiger partial charge in [-0.1, -0.05) is 12.1 Å². The first-order valence-corrected chi connectivity index (χ1v) is 5.92. The summed E-state index contributed by atoms with van der Waals surface area (Å²) in [6, 6.07) is 9.33. The van der Waals surface area contributed by atoms with Crippen LogP contribution in [0.25, 0.3) is 0 Å². The predicted octanol–water partition coefficient (Wildman–Crippen LogP) is 2.67. The Kier molecular flexibility index (Phi) is 3.43. The number of rotatable bonds is 5. The molecule has 0 spiro atoms. The number of Topliss-reactive ketones (excluding diaryl/α,β-unsaturated/α-hetero) is 1. The summed E-state index contributed by atoms with van der Waals surface area (Å²) in [6.45, 7) is 2.53. The summed E-state index contributed by atoms with van der Waals surface area (Å²) in [5.41, 5.74) is 0.771. The minimum absolute atomic E-state index is 0.0664. The molecule has 1 aliphatic rings. The van der Waals surface area contributed by atoms with Crippen LogP contribution in [-0.4, -0.2) is 12.4 Å². The number of benzene rings is 1. The van der Waals surface area contributed by atoms with E-state index in [9.17, 15) is 4.79 Å². The molecule has 88 valence electrons. The van der Waals surface area contributed by atoms with Gasteiger partial charge in [-0.15, -0.1) is 0 Å². The molecule has 0 bridgehead atoms. The van der Waals surface area contributed by atoms with Gasteiger partial charge in [-0.25, -0.2) is 0 Å². The molecule has 3 nitrogen and oxygen atoms in total. The lowest BCUT2D eigenvalue weighted by molar-refractivity contribution is -0.120. The maximum atomic E-state index is 11.9. The molecule has 1 fully saturated rings. The smallest absolute Gasteiger partial charge is 0.157 e. The highest BCUT2D eigenvalue weighted by Gasteiger charge is 2.35. The maximum absolute atomic E-state index is 11.9. The molecule has 2 rings (SSSR count). The molecule has 1 atom stereocenters. The zero-order valence-electron chi connectivity index (χ0n) is 9.85. The Labute approximate surface area is 101 Å². The fraction of sp³-hybridized carbons (Fsp3) is 0.429. The highest BCUT2D eigenvalue weighted by atomic mass is 16.5. The third-order valence-corrected chi connectivity index (χ3v) is 2.92. The second-order valence-corrected chi connectivity index (χ2v) is 4.24. The van der Waals surface area contributed by atoms with Crippen molar-refractivity contribution in [1.82, 2.24) is 0 Å². The van der Waals surface area contributed by atoms with E-state index in [1.54, 1.807) is 12.1 Å². The van der Waals surface area contributed by atoms with E-state index in [2.05, 4.69) is 6.07 Å². The van der Waals surface area contributed by atoms with Crippen molar-refractivity contribution >= 4 is 5.78 Å². The lowest BCUT2D eigenvalue weighted by Crippen LogP contribution is -2.12. The summed E-state index contributed by atoms with van der Waals surface area (Å²) < 4.78 is 5.33. The summed E-state index contributed by atoms with van der Waals surface area (Å²) in [5, 5.41) is 9.10. The highest BCUT2D eigenvalue weighted by Crippen LogP contribution is 2.35. The van der Waals surface area contributed by atoms with Crippen LogP contribution in [0.1, 0.15) is 31.2 Å². The Balaban J connectivity index is 2.14. The van der Waals surface area contributed by atoms with Crippen molar-refractivity contribution in [2.24, 2.45) is 5.92 Å². The van der Waals surface area contributed by atoms with Crippen LogP contribution in [0.3, 0.4) is 0 Å². The molecule has 0 saturated heterocycles. The number of nitriles is 1. The Morgan fingerprint density at radius 3 is 2.59 bits per heavy atom.